The number of unbranched alkanes of at least 4 members (excludes halogenated alkanes) is 4. The smallest absolute Gasteiger partial charge is 0.303 e. The van der Waals surface area contributed by atoms with E-state index in [0.29, 0.717) is 0 Å². The molecule has 0 aliphatic rings. The van der Waals surface area contributed by atoms with Crippen molar-refractivity contribution in [3.8, 4) is 0 Å². The van der Waals surface area contributed by atoms with E-state index in [2.05, 4.69) is 70.9 Å². The van der Waals surface area contributed by atoms with Gasteiger partial charge in [-0.05, 0) is 57.1 Å². The standard InChI is InChI=1S/C20H32O2.C6H5N3/c1-2-3-4-5-6-7-8-9-10-11-12-13-14-15-16-17-18-19-20(21)22;1-2-4-6-5(3-1)7-9-8-6/h6-7,9-10,12-13,15-16H,2-5,8,11,14,17-19H2,1H3,(H,21,22);1-4H,(H,7,8,9). The molecule has 0 atom stereocenters. The number of nitrogens with one attached hydrogen (secondary N) is 1. The number of carboxylic acid groups (broad SMARTS) is 1. The van der Waals surface area contributed by atoms with Crippen molar-refractivity contribution < 1.29 is 9.90 Å². The lowest BCUT2D eigenvalue weighted by Gasteiger charge is -1.90. The summed E-state index contributed by atoms with van der Waals surface area (Å²) in [5.41, 5.74) is 1.90. The molecule has 0 bridgehead atoms. The van der Waals surface area contributed by atoms with Gasteiger partial charge in [0.25, 0.3) is 0 Å². The minimum Gasteiger partial charge on any atom is -0.481 e. The highest BCUT2D eigenvalue weighted by Gasteiger charge is 1.92. The lowest BCUT2D eigenvalue weighted by Crippen LogP contribution is -1.92. The fraction of sp³-hybridized carbons (Fsp3) is 0.423. The normalized spacial score (nSPS) is 11.8. The predicted octanol–water partition coefficient (Wildman–Crippen LogP) is 7.17. The number of H-pyrrole nitrogens is 1. The zero-order chi connectivity index (χ0) is 22.4. The summed E-state index contributed by atoms with van der Waals surface area (Å²) >= 11 is 0. The maximum absolute atomic E-state index is 10.3. The van der Waals surface area contributed by atoms with Gasteiger partial charge in [0.2, 0.25) is 0 Å². The van der Waals surface area contributed by atoms with E-state index in [1.807, 2.05) is 24.3 Å². The number of allylic oxidation sites excluding steroid dienone is 8. The Balaban J connectivity index is 0.000000432. The van der Waals surface area contributed by atoms with Crippen LogP contribution in [0.15, 0.2) is 72.9 Å². The second-order valence-corrected chi connectivity index (χ2v) is 7.20. The van der Waals surface area contributed by atoms with Crippen molar-refractivity contribution in [3.05, 3.63) is 72.9 Å². The fourth-order valence-electron chi connectivity index (χ4n) is 2.72. The number of carboxylic acids is 1. The van der Waals surface area contributed by atoms with Gasteiger partial charge >= 0.3 is 5.97 Å². The molecule has 0 saturated carbocycles. The summed E-state index contributed by atoms with van der Waals surface area (Å²) in [5.74, 6) is -0.712. The third-order valence-electron chi connectivity index (χ3n) is 4.45. The van der Waals surface area contributed by atoms with Gasteiger partial charge in [-0.2, -0.15) is 0 Å². The van der Waals surface area contributed by atoms with Gasteiger partial charge in [-0.1, -0.05) is 85.7 Å². The van der Waals surface area contributed by atoms with Gasteiger partial charge in [0.05, 0.1) is 5.52 Å². The van der Waals surface area contributed by atoms with Crippen molar-refractivity contribution in [2.45, 2.75) is 71.1 Å². The highest BCUT2D eigenvalue weighted by molar-refractivity contribution is 5.72. The first kappa shape index (κ1) is 26.1. The molecule has 2 aromatic rings. The van der Waals surface area contributed by atoms with Crippen LogP contribution in [-0.4, -0.2) is 26.5 Å². The number of hydrogen-bond acceptors (Lipinski definition) is 3. The number of nitrogens with zero attached hydrogens (tertiary/aromatic N) is 2. The van der Waals surface area contributed by atoms with Crippen LogP contribution in [0.1, 0.15) is 71.1 Å². The first-order chi connectivity index (χ1) is 15.2. The van der Waals surface area contributed by atoms with Crippen LogP contribution in [-0.2, 0) is 4.79 Å². The Labute approximate surface area is 186 Å². The second kappa shape index (κ2) is 19.0. The monoisotopic (exact) mass is 423 g/mol. The van der Waals surface area contributed by atoms with Gasteiger partial charge in [0.15, 0.2) is 0 Å². The molecule has 1 heterocycles. The molecule has 5 nitrogen and oxygen atoms in total. The maximum Gasteiger partial charge on any atom is 0.303 e. The number of benzene rings is 1. The Bertz CT molecular complexity index is 789. The summed E-state index contributed by atoms with van der Waals surface area (Å²) < 4.78 is 0. The minimum atomic E-state index is -0.712. The molecule has 0 aliphatic heterocycles. The van der Waals surface area contributed by atoms with Gasteiger partial charge in [0.1, 0.15) is 5.52 Å². The molecule has 0 unspecified atom stereocenters. The third kappa shape index (κ3) is 15.5. The number of para-hydroxylation sites is 1. The van der Waals surface area contributed by atoms with E-state index >= 15 is 0 Å². The largest absolute Gasteiger partial charge is 0.481 e. The highest BCUT2D eigenvalue weighted by Crippen LogP contribution is 2.04. The minimum absolute atomic E-state index is 0.262. The summed E-state index contributed by atoms with van der Waals surface area (Å²) in [6, 6.07) is 7.74. The Morgan fingerprint density at radius 3 is 2.03 bits per heavy atom. The van der Waals surface area contributed by atoms with Crippen LogP contribution in [0.2, 0.25) is 0 Å². The van der Waals surface area contributed by atoms with Crippen molar-refractivity contribution in [2.75, 3.05) is 0 Å². The molecule has 0 aliphatic carbocycles. The van der Waals surface area contributed by atoms with Gasteiger partial charge in [-0.15, -0.1) is 5.10 Å². The van der Waals surface area contributed by atoms with Crippen molar-refractivity contribution in [2.24, 2.45) is 0 Å². The molecular formula is C26H37N3O2. The lowest BCUT2D eigenvalue weighted by atomic mass is 10.2. The SMILES string of the molecule is CCCCCC=CCC=CCC=CCC=CCCCC(=O)O.c1ccc2[nH]nnc2c1. The van der Waals surface area contributed by atoms with Crippen LogP contribution in [0.5, 0.6) is 0 Å². The summed E-state index contributed by atoms with van der Waals surface area (Å²) in [4.78, 5) is 10.3. The van der Waals surface area contributed by atoms with E-state index in [4.69, 9.17) is 5.11 Å². The summed E-state index contributed by atoms with van der Waals surface area (Å²) in [6.45, 7) is 2.23. The van der Waals surface area contributed by atoms with E-state index in [1.54, 1.807) is 0 Å². The number of rotatable bonds is 14. The first-order valence-corrected chi connectivity index (χ1v) is 11.3. The molecule has 0 radical (unpaired) electrons. The Morgan fingerprint density at radius 1 is 0.871 bits per heavy atom. The molecule has 0 saturated heterocycles. The molecule has 31 heavy (non-hydrogen) atoms. The van der Waals surface area contributed by atoms with Crippen LogP contribution in [0, 0.1) is 0 Å². The van der Waals surface area contributed by atoms with Crippen molar-refractivity contribution in [1.82, 2.24) is 15.4 Å². The first-order valence-electron chi connectivity index (χ1n) is 11.3. The second-order valence-electron chi connectivity index (χ2n) is 7.20. The molecule has 168 valence electrons. The molecule has 1 aromatic carbocycles. The van der Waals surface area contributed by atoms with E-state index in [1.165, 1.54) is 25.7 Å². The average molecular weight is 424 g/mol. The van der Waals surface area contributed by atoms with Crippen LogP contribution in [0.4, 0.5) is 0 Å². The van der Waals surface area contributed by atoms with Gasteiger partial charge in [0, 0.05) is 6.42 Å². The molecular weight excluding hydrogens is 386 g/mol. The summed E-state index contributed by atoms with van der Waals surface area (Å²) in [5, 5.41) is 18.7. The molecule has 5 heteroatoms. The van der Waals surface area contributed by atoms with Crippen molar-refractivity contribution in [1.29, 1.82) is 0 Å². The molecule has 0 amide bonds. The van der Waals surface area contributed by atoms with Crippen LogP contribution in [0.25, 0.3) is 11.0 Å². The molecule has 0 spiro atoms. The van der Waals surface area contributed by atoms with Crippen LogP contribution in [0.3, 0.4) is 0 Å². The van der Waals surface area contributed by atoms with E-state index in [9.17, 15) is 4.79 Å². The van der Waals surface area contributed by atoms with E-state index in [-0.39, 0.29) is 6.42 Å². The summed E-state index contributed by atoms with van der Waals surface area (Å²) in [7, 11) is 0. The number of fused-ring (bicyclic) bond motifs is 1. The Morgan fingerprint density at radius 2 is 1.45 bits per heavy atom. The lowest BCUT2D eigenvalue weighted by molar-refractivity contribution is -0.137. The van der Waals surface area contributed by atoms with E-state index in [0.717, 1.165) is 43.1 Å². The Kier molecular flexibility index (Phi) is 16.0. The fourth-order valence-corrected chi connectivity index (χ4v) is 2.72. The number of aromatic nitrogens is 3. The number of aliphatic carboxylic acids is 1. The number of aromatic amines is 1. The van der Waals surface area contributed by atoms with Crippen molar-refractivity contribution in [3.63, 3.8) is 0 Å². The molecule has 2 N–H and O–H groups in total. The molecule has 0 fully saturated rings. The zero-order valence-electron chi connectivity index (χ0n) is 18.7. The van der Waals surface area contributed by atoms with Crippen LogP contribution < -0.4 is 0 Å². The van der Waals surface area contributed by atoms with Crippen molar-refractivity contribution >= 4 is 17.0 Å². The zero-order valence-corrected chi connectivity index (χ0v) is 18.7. The number of carbonyl (C=O) groups is 1. The number of hydrogen-bond donors (Lipinski definition) is 2. The third-order valence-corrected chi connectivity index (χ3v) is 4.45. The van der Waals surface area contributed by atoms with E-state index < -0.39 is 5.97 Å². The topological polar surface area (TPSA) is 78.9 Å². The molecule has 1 aromatic heterocycles. The van der Waals surface area contributed by atoms with Crippen LogP contribution >= 0.6 is 0 Å². The summed E-state index contributed by atoms with van der Waals surface area (Å²) in [6.07, 6.45) is 27.3. The molecule has 2 rings (SSSR count). The predicted molar refractivity (Wildman–Crippen MR) is 130 cm³/mol. The van der Waals surface area contributed by atoms with Gasteiger partial charge in [-0.25, -0.2) is 0 Å². The quantitative estimate of drug-likeness (QED) is 0.249. The van der Waals surface area contributed by atoms with Gasteiger partial charge < -0.3 is 5.11 Å². The average Bonchev–Trinajstić information content (AvgIpc) is 3.25. The van der Waals surface area contributed by atoms with Gasteiger partial charge in [-0.3, -0.25) is 9.89 Å². The Hall–Kier alpha value is -2.95. The highest BCUT2D eigenvalue weighted by atomic mass is 16.4. The maximum atomic E-state index is 10.3.